The van der Waals surface area contributed by atoms with E-state index in [-0.39, 0.29) is 5.91 Å². The summed E-state index contributed by atoms with van der Waals surface area (Å²) in [6, 6.07) is 5.97. The van der Waals surface area contributed by atoms with Crippen molar-refractivity contribution in [1.29, 1.82) is 0 Å². The van der Waals surface area contributed by atoms with Crippen LogP contribution in [0.25, 0.3) is 0 Å². The van der Waals surface area contributed by atoms with Crippen LogP contribution in [0.5, 0.6) is 0 Å². The number of likely N-dealkylation sites (tertiary alicyclic amines) is 1. The van der Waals surface area contributed by atoms with Crippen molar-refractivity contribution in [3.05, 3.63) is 28.2 Å². The minimum absolute atomic E-state index is 0.149. The number of halogens is 1. The van der Waals surface area contributed by atoms with Gasteiger partial charge in [-0.2, -0.15) is 0 Å². The lowest BCUT2D eigenvalue weighted by Crippen LogP contribution is -2.46. The van der Waals surface area contributed by atoms with Crippen molar-refractivity contribution in [1.82, 2.24) is 4.90 Å². The van der Waals surface area contributed by atoms with E-state index in [9.17, 15) is 4.79 Å². The summed E-state index contributed by atoms with van der Waals surface area (Å²) in [7, 11) is 0. The molecule has 2 aliphatic rings. The summed E-state index contributed by atoms with van der Waals surface area (Å²) in [4.78, 5) is 14.7. The highest BCUT2D eigenvalue weighted by Crippen LogP contribution is 2.37. The average molecular weight is 323 g/mol. The third-order valence-corrected chi connectivity index (χ3v) is 5.22. The molecule has 1 aromatic rings. The van der Waals surface area contributed by atoms with Crippen molar-refractivity contribution in [2.75, 3.05) is 12.3 Å². The highest BCUT2D eigenvalue weighted by Gasteiger charge is 2.37. The molecule has 1 aliphatic carbocycles. The van der Waals surface area contributed by atoms with Crippen molar-refractivity contribution in [3.63, 3.8) is 0 Å². The van der Waals surface area contributed by atoms with Crippen LogP contribution in [-0.2, 0) is 0 Å². The van der Waals surface area contributed by atoms with Gasteiger partial charge in [0.2, 0.25) is 0 Å². The molecule has 3 rings (SSSR count). The summed E-state index contributed by atoms with van der Waals surface area (Å²) in [5.74, 6) is 0.876. The Morgan fingerprint density at radius 2 is 2.05 bits per heavy atom. The van der Waals surface area contributed by atoms with Gasteiger partial charge in [0, 0.05) is 28.3 Å². The van der Waals surface area contributed by atoms with E-state index in [1.807, 2.05) is 12.1 Å². The molecule has 1 aliphatic heterocycles. The second-order valence-electron chi connectivity index (χ2n) is 5.64. The zero-order valence-corrected chi connectivity index (χ0v) is 12.5. The second-order valence-corrected chi connectivity index (χ2v) is 6.49. The Balaban J connectivity index is 1.84. The van der Waals surface area contributed by atoms with Crippen LogP contribution >= 0.6 is 15.9 Å². The first-order chi connectivity index (χ1) is 9.16. The number of nitrogen functional groups attached to an aromatic ring is 1. The molecule has 1 saturated carbocycles. The molecule has 102 valence electrons. The second kappa shape index (κ2) is 5.16. The van der Waals surface area contributed by atoms with Crippen LogP contribution in [-0.4, -0.2) is 23.4 Å². The van der Waals surface area contributed by atoms with Gasteiger partial charge in [0.05, 0.1) is 0 Å². The van der Waals surface area contributed by atoms with Crippen LogP contribution in [0.4, 0.5) is 5.69 Å². The Bertz CT molecular complexity index is 503. The number of anilines is 1. The number of hydrogen-bond donors (Lipinski definition) is 1. The molecule has 19 heavy (non-hydrogen) atoms. The number of nitrogens with two attached hydrogens (primary N) is 1. The molecule has 2 atom stereocenters. The highest BCUT2D eigenvalue weighted by atomic mass is 79.9. The number of piperidine rings is 1. The summed E-state index contributed by atoms with van der Waals surface area (Å²) in [5, 5.41) is 0. The number of carbonyl (C=O) groups excluding carboxylic acids is 1. The number of benzene rings is 1. The maximum atomic E-state index is 12.7. The van der Waals surface area contributed by atoms with Crippen molar-refractivity contribution in [2.24, 2.45) is 5.92 Å². The number of rotatable bonds is 1. The van der Waals surface area contributed by atoms with Gasteiger partial charge in [-0.15, -0.1) is 0 Å². The van der Waals surface area contributed by atoms with Gasteiger partial charge in [0.1, 0.15) is 0 Å². The zero-order chi connectivity index (χ0) is 13.4. The average Bonchev–Trinajstić information content (AvgIpc) is 2.89. The predicted molar refractivity (Wildman–Crippen MR) is 80.0 cm³/mol. The number of amides is 1. The minimum Gasteiger partial charge on any atom is -0.398 e. The Labute approximate surface area is 122 Å². The van der Waals surface area contributed by atoms with E-state index in [2.05, 4.69) is 20.8 Å². The number of hydrogen-bond acceptors (Lipinski definition) is 2. The normalized spacial score (nSPS) is 26.3. The third-order valence-electron chi connectivity index (χ3n) is 4.50. The largest absolute Gasteiger partial charge is 0.398 e. The van der Waals surface area contributed by atoms with Crippen molar-refractivity contribution >= 4 is 27.5 Å². The first-order valence-corrected chi connectivity index (χ1v) is 7.82. The fraction of sp³-hybridized carbons (Fsp3) is 0.533. The van der Waals surface area contributed by atoms with Gasteiger partial charge in [-0.3, -0.25) is 4.79 Å². The molecule has 0 radical (unpaired) electrons. The van der Waals surface area contributed by atoms with E-state index in [0.29, 0.717) is 17.3 Å². The van der Waals surface area contributed by atoms with Gasteiger partial charge in [-0.25, -0.2) is 0 Å². The summed E-state index contributed by atoms with van der Waals surface area (Å²) >= 11 is 3.37. The molecule has 2 fully saturated rings. The van der Waals surface area contributed by atoms with Gasteiger partial charge in [0.15, 0.2) is 0 Å². The molecule has 1 heterocycles. The number of nitrogens with zero attached hydrogens (tertiary/aromatic N) is 1. The Morgan fingerprint density at radius 1 is 1.26 bits per heavy atom. The van der Waals surface area contributed by atoms with Crippen molar-refractivity contribution < 1.29 is 4.79 Å². The van der Waals surface area contributed by atoms with E-state index >= 15 is 0 Å². The molecule has 2 unspecified atom stereocenters. The van der Waals surface area contributed by atoms with Crippen LogP contribution in [0, 0.1) is 5.92 Å². The highest BCUT2D eigenvalue weighted by molar-refractivity contribution is 9.10. The number of carbonyl (C=O) groups is 1. The molecule has 0 aromatic heterocycles. The van der Waals surface area contributed by atoms with Crippen LogP contribution in [0.1, 0.15) is 42.5 Å². The van der Waals surface area contributed by atoms with Crippen molar-refractivity contribution in [2.45, 2.75) is 38.1 Å². The standard InChI is InChI=1S/C15H19BrN2O/c16-12-7-6-11(9-13(12)17)15(19)18-8-2-4-10-3-1-5-14(10)18/h6-7,9-10,14H,1-5,8,17H2. The molecule has 1 saturated heterocycles. The predicted octanol–water partition coefficient (Wildman–Crippen LogP) is 3.44. The van der Waals surface area contributed by atoms with Crippen LogP contribution in [0.3, 0.4) is 0 Å². The fourth-order valence-corrected chi connectivity index (χ4v) is 3.80. The van der Waals surface area contributed by atoms with Gasteiger partial charge >= 0.3 is 0 Å². The summed E-state index contributed by atoms with van der Waals surface area (Å²) in [5.41, 5.74) is 7.22. The summed E-state index contributed by atoms with van der Waals surface area (Å²) in [6.45, 7) is 0.899. The van der Waals surface area contributed by atoms with Gasteiger partial charge in [0.25, 0.3) is 5.91 Å². The molecule has 3 nitrogen and oxygen atoms in total. The maximum absolute atomic E-state index is 12.7. The summed E-state index contributed by atoms with van der Waals surface area (Å²) in [6.07, 6.45) is 6.15. The van der Waals surface area contributed by atoms with Gasteiger partial charge in [-0.1, -0.05) is 6.42 Å². The van der Waals surface area contributed by atoms with Gasteiger partial charge < -0.3 is 10.6 Å². The maximum Gasteiger partial charge on any atom is 0.254 e. The molecule has 1 amide bonds. The van der Waals surface area contributed by atoms with Crippen molar-refractivity contribution in [3.8, 4) is 0 Å². The third kappa shape index (κ3) is 2.38. The first kappa shape index (κ1) is 13.0. The van der Waals surface area contributed by atoms with E-state index in [1.54, 1.807) is 6.07 Å². The lowest BCUT2D eigenvalue weighted by Gasteiger charge is -2.38. The van der Waals surface area contributed by atoms with Crippen LogP contribution in [0.2, 0.25) is 0 Å². The Kier molecular flexibility index (Phi) is 3.52. The first-order valence-electron chi connectivity index (χ1n) is 7.03. The molecule has 0 spiro atoms. The topological polar surface area (TPSA) is 46.3 Å². The molecule has 2 N–H and O–H groups in total. The minimum atomic E-state index is 0.149. The zero-order valence-electron chi connectivity index (χ0n) is 10.9. The van der Waals surface area contributed by atoms with Gasteiger partial charge in [-0.05, 0) is 65.7 Å². The SMILES string of the molecule is Nc1cc(C(=O)N2CCCC3CCCC32)ccc1Br. The van der Waals surface area contributed by atoms with E-state index in [4.69, 9.17) is 5.73 Å². The lowest BCUT2D eigenvalue weighted by molar-refractivity contribution is 0.0548. The quantitative estimate of drug-likeness (QED) is 0.805. The molecular formula is C15H19BrN2O. The molecule has 0 bridgehead atoms. The van der Waals surface area contributed by atoms with Crippen LogP contribution < -0.4 is 5.73 Å². The number of fused-ring (bicyclic) bond motifs is 1. The van der Waals surface area contributed by atoms with E-state index in [0.717, 1.165) is 23.4 Å². The molecule has 1 aromatic carbocycles. The van der Waals surface area contributed by atoms with Crippen LogP contribution in [0.15, 0.2) is 22.7 Å². The molecular weight excluding hydrogens is 304 g/mol. The smallest absolute Gasteiger partial charge is 0.254 e. The molecule has 4 heteroatoms. The monoisotopic (exact) mass is 322 g/mol. The Hall–Kier alpha value is -1.03. The van der Waals surface area contributed by atoms with E-state index in [1.165, 1.54) is 25.7 Å². The van der Waals surface area contributed by atoms with E-state index < -0.39 is 0 Å². The fourth-order valence-electron chi connectivity index (χ4n) is 3.55. The summed E-state index contributed by atoms with van der Waals surface area (Å²) < 4.78 is 0.849. The lowest BCUT2D eigenvalue weighted by atomic mass is 9.91. The Morgan fingerprint density at radius 3 is 2.84 bits per heavy atom.